The van der Waals surface area contributed by atoms with Crippen LogP contribution in [-0.2, 0) is 22.5 Å². The van der Waals surface area contributed by atoms with Gasteiger partial charge >= 0.3 is 6.09 Å². The van der Waals surface area contributed by atoms with Crippen molar-refractivity contribution in [3.63, 3.8) is 0 Å². The zero-order valence-electron chi connectivity index (χ0n) is 20.0. The zero-order chi connectivity index (χ0) is 24.5. The Morgan fingerprint density at radius 3 is 2.47 bits per heavy atom. The minimum Gasteiger partial charge on any atom is -0.506 e. The largest absolute Gasteiger partial charge is 0.506 e. The highest BCUT2D eigenvalue weighted by Crippen LogP contribution is 2.38. The summed E-state index contributed by atoms with van der Waals surface area (Å²) in [6, 6.07) is 9.82. The maximum atomic E-state index is 13.7. The molecule has 0 aliphatic carbocycles. The van der Waals surface area contributed by atoms with E-state index in [4.69, 9.17) is 4.74 Å². The van der Waals surface area contributed by atoms with Crippen molar-refractivity contribution >= 4 is 23.4 Å². The molecule has 0 spiro atoms. The molecule has 2 aliphatic rings. The van der Waals surface area contributed by atoms with Gasteiger partial charge in [-0.05, 0) is 62.9 Å². The van der Waals surface area contributed by atoms with Crippen molar-refractivity contribution in [2.24, 2.45) is 0 Å². The SMILES string of the molecule is CC(C)(C)OC(=O)N1CCN(c2cc3c(cc2O)N(Cc2cccc(F)c2)C(=O)CCC3)CC1. The first-order valence-electron chi connectivity index (χ1n) is 11.7. The smallest absolute Gasteiger partial charge is 0.410 e. The predicted octanol–water partition coefficient (Wildman–Crippen LogP) is 4.46. The summed E-state index contributed by atoms with van der Waals surface area (Å²) >= 11 is 0. The second-order valence-corrected chi connectivity index (χ2v) is 9.89. The molecular weight excluding hydrogens is 437 g/mol. The monoisotopic (exact) mass is 469 g/mol. The normalized spacial score (nSPS) is 16.8. The highest BCUT2D eigenvalue weighted by molar-refractivity contribution is 5.95. The number of aryl methyl sites for hydroxylation is 1. The first kappa shape index (κ1) is 23.9. The van der Waals surface area contributed by atoms with Gasteiger partial charge in [0.15, 0.2) is 0 Å². The lowest BCUT2D eigenvalue weighted by molar-refractivity contribution is -0.118. The molecule has 34 heavy (non-hydrogen) atoms. The number of aromatic hydroxyl groups is 1. The van der Waals surface area contributed by atoms with Crippen LogP contribution < -0.4 is 9.80 Å². The van der Waals surface area contributed by atoms with Crippen molar-refractivity contribution in [1.29, 1.82) is 0 Å². The number of benzene rings is 2. The summed E-state index contributed by atoms with van der Waals surface area (Å²) in [6.45, 7) is 7.91. The molecule has 7 nitrogen and oxygen atoms in total. The van der Waals surface area contributed by atoms with Gasteiger partial charge in [-0.2, -0.15) is 0 Å². The summed E-state index contributed by atoms with van der Waals surface area (Å²) in [5.41, 5.74) is 2.49. The lowest BCUT2D eigenvalue weighted by Gasteiger charge is -2.37. The molecule has 0 radical (unpaired) electrons. The maximum Gasteiger partial charge on any atom is 0.410 e. The van der Waals surface area contributed by atoms with E-state index >= 15 is 0 Å². The van der Waals surface area contributed by atoms with E-state index in [9.17, 15) is 19.1 Å². The van der Waals surface area contributed by atoms with Crippen molar-refractivity contribution in [2.45, 2.75) is 52.2 Å². The number of nitrogens with zero attached hydrogens (tertiary/aromatic N) is 3. The van der Waals surface area contributed by atoms with Crippen LogP contribution in [0.3, 0.4) is 0 Å². The molecular formula is C26H32FN3O4. The van der Waals surface area contributed by atoms with Gasteiger partial charge in [0.2, 0.25) is 5.91 Å². The average Bonchev–Trinajstić information content (AvgIpc) is 2.91. The number of halogens is 1. The Hall–Kier alpha value is -3.29. The van der Waals surface area contributed by atoms with Crippen LogP contribution in [-0.4, -0.2) is 53.8 Å². The Morgan fingerprint density at radius 1 is 1.06 bits per heavy atom. The summed E-state index contributed by atoms with van der Waals surface area (Å²) in [7, 11) is 0. The van der Waals surface area contributed by atoms with Gasteiger partial charge in [0.1, 0.15) is 17.2 Å². The summed E-state index contributed by atoms with van der Waals surface area (Å²) in [5.74, 6) is -0.298. The first-order valence-corrected chi connectivity index (χ1v) is 11.7. The van der Waals surface area contributed by atoms with Crippen molar-refractivity contribution < 1.29 is 23.8 Å². The number of anilines is 2. The number of ether oxygens (including phenoxy) is 1. The second-order valence-electron chi connectivity index (χ2n) is 9.89. The van der Waals surface area contributed by atoms with Crippen LogP contribution in [0.2, 0.25) is 0 Å². The van der Waals surface area contributed by atoms with Crippen LogP contribution in [0.15, 0.2) is 36.4 Å². The van der Waals surface area contributed by atoms with Crippen LogP contribution in [0.1, 0.15) is 44.7 Å². The number of hydrogen-bond donors (Lipinski definition) is 1. The maximum absolute atomic E-state index is 13.7. The van der Waals surface area contributed by atoms with Crippen molar-refractivity contribution in [3.8, 4) is 5.75 Å². The Bertz CT molecular complexity index is 1070. The van der Waals surface area contributed by atoms with Crippen LogP contribution >= 0.6 is 0 Å². The number of phenolic OH excluding ortho intramolecular Hbond substituents is 1. The molecule has 1 saturated heterocycles. The van der Waals surface area contributed by atoms with E-state index in [2.05, 4.69) is 4.90 Å². The van der Waals surface area contributed by atoms with Crippen LogP contribution in [0.25, 0.3) is 0 Å². The number of carbonyl (C=O) groups is 2. The Labute approximate surface area is 199 Å². The van der Waals surface area contributed by atoms with Gasteiger partial charge in [-0.1, -0.05) is 12.1 Å². The van der Waals surface area contributed by atoms with E-state index in [1.54, 1.807) is 28.0 Å². The van der Waals surface area contributed by atoms with Crippen LogP contribution in [0.5, 0.6) is 5.75 Å². The van der Waals surface area contributed by atoms with Gasteiger partial charge in [-0.25, -0.2) is 9.18 Å². The quantitative estimate of drug-likeness (QED) is 0.719. The number of piperazine rings is 1. The molecule has 182 valence electrons. The first-order chi connectivity index (χ1) is 16.1. The highest BCUT2D eigenvalue weighted by atomic mass is 19.1. The number of fused-ring (bicyclic) bond motifs is 1. The number of hydrogen-bond acceptors (Lipinski definition) is 5. The van der Waals surface area contributed by atoms with E-state index in [1.807, 2.05) is 26.8 Å². The molecule has 1 N–H and O–H groups in total. The van der Waals surface area contributed by atoms with E-state index in [0.717, 1.165) is 5.56 Å². The summed E-state index contributed by atoms with van der Waals surface area (Å²) in [6.07, 6.45) is 1.49. The average molecular weight is 470 g/mol. The third kappa shape index (κ3) is 5.43. The predicted molar refractivity (Wildman–Crippen MR) is 129 cm³/mol. The summed E-state index contributed by atoms with van der Waals surface area (Å²) in [4.78, 5) is 30.6. The fraction of sp³-hybridized carbons (Fsp3) is 0.462. The van der Waals surface area contributed by atoms with Gasteiger partial charge < -0.3 is 24.5 Å². The number of phenols is 1. The minimum absolute atomic E-state index is 0.0406. The lowest BCUT2D eigenvalue weighted by atomic mass is 10.0. The molecule has 2 aliphatic heterocycles. The van der Waals surface area contributed by atoms with Crippen molar-refractivity contribution in [3.05, 3.63) is 53.3 Å². The van der Waals surface area contributed by atoms with Crippen molar-refractivity contribution in [1.82, 2.24) is 4.90 Å². The molecule has 2 aromatic rings. The van der Waals surface area contributed by atoms with E-state index in [-0.39, 0.29) is 30.1 Å². The number of carbonyl (C=O) groups excluding carboxylic acids is 2. The van der Waals surface area contributed by atoms with Crippen LogP contribution in [0, 0.1) is 5.82 Å². The minimum atomic E-state index is -0.543. The highest BCUT2D eigenvalue weighted by Gasteiger charge is 2.29. The van der Waals surface area contributed by atoms with Gasteiger partial charge in [0, 0.05) is 38.7 Å². The molecule has 4 rings (SSSR count). The number of amides is 2. The van der Waals surface area contributed by atoms with Gasteiger partial charge in [-0.15, -0.1) is 0 Å². The molecule has 0 aromatic heterocycles. The molecule has 2 heterocycles. The van der Waals surface area contributed by atoms with Crippen LogP contribution in [0.4, 0.5) is 20.6 Å². The van der Waals surface area contributed by atoms with E-state index in [0.29, 0.717) is 62.4 Å². The summed E-state index contributed by atoms with van der Waals surface area (Å²) in [5, 5.41) is 10.9. The third-order valence-electron chi connectivity index (χ3n) is 6.11. The zero-order valence-corrected chi connectivity index (χ0v) is 20.0. The van der Waals surface area contributed by atoms with Crippen molar-refractivity contribution in [2.75, 3.05) is 36.0 Å². The number of rotatable bonds is 3. The Balaban J connectivity index is 1.53. The lowest BCUT2D eigenvalue weighted by Crippen LogP contribution is -2.50. The third-order valence-corrected chi connectivity index (χ3v) is 6.11. The topological polar surface area (TPSA) is 73.3 Å². The fourth-order valence-electron chi connectivity index (χ4n) is 4.46. The molecule has 0 unspecified atom stereocenters. The molecule has 0 atom stereocenters. The van der Waals surface area contributed by atoms with Gasteiger partial charge in [0.25, 0.3) is 0 Å². The molecule has 0 saturated carbocycles. The van der Waals surface area contributed by atoms with E-state index < -0.39 is 5.60 Å². The molecule has 8 heteroatoms. The molecule has 0 bridgehead atoms. The second kappa shape index (κ2) is 9.52. The van der Waals surface area contributed by atoms with Gasteiger partial charge in [0.05, 0.1) is 17.9 Å². The molecule has 2 aromatic carbocycles. The van der Waals surface area contributed by atoms with Gasteiger partial charge in [-0.3, -0.25) is 4.79 Å². The molecule has 1 fully saturated rings. The Morgan fingerprint density at radius 2 is 1.79 bits per heavy atom. The summed E-state index contributed by atoms with van der Waals surface area (Å²) < 4.78 is 19.2. The fourth-order valence-corrected chi connectivity index (χ4v) is 4.46. The molecule has 2 amide bonds. The van der Waals surface area contributed by atoms with E-state index in [1.165, 1.54) is 12.1 Å². The Kier molecular flexibility index (Phi) is 6.68. The standard InChI is InChI=1S/C26H32FN3O4/c1-26(2,3)34-25(33)29-12-10-28(11-13-29)22-15-19-7-5-9-24(32)30(21(19)16-23(22)31)17-18-6-4-8-20(27)14-18/h4,6,8,14-16,31H,5,7,9-13,17H2,1-3H3.